The van der Waals surface area contributed by atoms with Crippen LogP contribution in [0.15, 0.2) is 24.7 Å². The quantitative estimate of drug-likeness (QED) is 0.436. The normalized spacial score (nSPS) is 15.8. The van der Waals surface area contributed by atoms with Crippen LogP contribution < -0.4 is 15.4 Å². The molecule has 1 saturated heterocycles. The molecule has 1 unspecified atom stereocenters. The zero-order valence-electron chi connectivity index (χ0n) is 19.3. The highest BCUT2D eigenvalue weighted by atomic mass is 32.1. The number of hydrogen-bond acceptors (Lipinski definition) is 9. The lowest BCUT2D eigenvalue weighted by Gasteiger charge is -2.14. The number of carbonyl (C=O) groups excluding carboxylic acids is 1. The zero-order valence-corrected chi connectivity index (χ0v) is 20.1. The number of carbonyl (C=O) groups is 1. The van der Waals surface area contributed by atoms with Gasteiger partial charge in [-0.2, -0.15) is 0 Å². The first-order chi connectivity index (χ1) is 16.0. The van der Waals surface area contributed by atoms with Crippen molar-refractivity contribution in [2.75, 3.05) is 52.3 Å². The van der Waals surface area contributed by atoms with Crippen LogP contribution in [0.5, 0.6) is 5.88 Å². The first-order valence-corrected chi connectivity index (χ1v) is 11.9. The van der Waals surface area contributed by atoms with Crippen molar-refractivity contribution >= 4 is 39.0 Å². The Bertz CT molecular complexity index is 1100. The number of anilines is 2. The fraction of sp³-hybridized carbons (Fsp3) is 0.478. The second-order valence-electron chi connectivity index (χ2n) is 8.39. The SMILES string of the molecule is Cc1c(C(=O)NCCCN(C)C)sc2ncnc(Nc3cccnc3OCC3CCOC3)c12. The molecular formula is C23H30N6O3S. The van der Waals surface area contributed by atoms with Gasteiger partial charge < -0.3 is 25.0 Å². The molecule has 1 aliphatic heterocycles. The molecule has 176 valence electrons. The molecule has 4 rings (SSSR count). The number of ether oxygens (including phenoxy) is 2. The number of hydrogen-bond donors (Lipinski definition) is 2. The number of pyridine rings is 1. The number of rotatable bonds is 10. The zero-order chi connectivity index (χ0) is 23.2. The van der Waals surface area contributed by atoms with Gasteiger partial charge in [-0.25, -0.2) is 15.0 Å². The molecule has 4 heterocycles. The molecule has 1 atom stereocenters. The van der Waals surface area contributed by atoms with E-state index in [0.717, 1.165) is 54.1 Å². The monoisotopic (exact) mass is 470 g/mol. The van der Waals surface area contributed by atoms with Crippen LogP contribution in [0.1, 0.15) is 28.1 Å². The number of amides is 1. The molecule has 33 heavy (non-hydrogen) atoms. The molecule has 1 amide bonds. The highest BCUT2D eigenvalue weighted by Crippen LogP contribution is 2.35. The van der Waals surface area contributed by atoms with E-state index in [1.54, 1.807) is 6.20 Å². The number of fused-ring (bicyclic) bond motifs is 1. The summed E-state index contributed by atoms with van der Waals surface area (Å²) in [6.07, 6.45) is 5.10. The van der Waals surface area contributed by atoms with E-state index in [2.05, 4.69) is 30.5 Å². The van der Waals surface area contributed by atoms with Gasteiger partial charge in [-0.05, 0) is 58.1 Å². The Kier molecular flexibility index (Phi) is 7.69. The lowest BCUT2D eigenvalue weighted by molar-refractivity contribution is 0.0956. The molecule has 3 aromatic rings. The average Bonchev–Trinajstić information content (AvgIpc) is 3.44. The summed E-state index contributed by atoms with van der Waals surface area (Å²) in [5, 5.41) is 7.20. The first kappa shape index (κ1) is 23.3. The van der Waals surface area contributed by atoms with Gasteiger partial charge in [0.1, 0.15) is 22.7 Å². The van der Waals surface area contributed by atoms with Gasteiger partial charge in [-0.3, -0.25) is 4.79 Å². The van der Waals surface area contributed by atoms with E-state index in [9.17, 15) is 4.79 Å². The minimum Gasteiger partial charge on any atom is -0.476 e. The Morgan fingerprint density at radius 2 is 2.21 bits per heavy atom. The van der Waals surface area contributed by atoms with Crippen molar-refractivity contribution < 1.29 is 14.3 Å². The van der Waals surface area contributed by atoms with Crippen LogP contribution in [0, 0.1) is 12.8 Å². The van der Waals surface area contributed by atoms with Crippen LogP contribution in [0.25, 0.3) is 10.2 Å². The summed E-state index contributed by atoms with van der Waals surface area (Å²) in [5.41, 5.74) is 1.58. The maximum atomic E-state index is 12.8. The molecular weight excluding hydrogens is 440 g/mol. The Balaban J connectivity index is 1.51. The molecule has 9 nitrogen and oxygen atoms in total. The number of aryl methyl sites for hydroxylation is 1. The van der Waals surface area contributed by atoms with E-state index in [1.165, 1.54) is 17.7 Å². The summed E-state index contributed by atoms with van der Waals surface area (Å²) in [4.78, 5) is 29.6. The van der Waals surface area contributed by atoms with Crippen LogP contribution in [-0.2, 0) is 4.74 Å². The summed E-state index contributed by atoms with van der Waals surface area (Å²) in [6, 6.07) is 3.75. The number of nitrogens with zero attached hydrogens (tertiary/aromatic N) is 4. The highest BCUT2D eigenvalue weighted by molar-refractivity contribution is 7.20. The van der Waals surface area contributed by atoms with Crippen molar-refractivity contribution in [2.24, 2.45) is 5.92 Å². The second-order valence-corrected chi connectivity index (χ2v) is 9.39. The molecule has 0 aliphatic carbocycles. The number of thiophene rings is 1. The average molecular weight is 471 g/mol. The van der Waals surface area contributed by atoms with E-state index in [-0.39, 0.29) is 5.91 Å². The summed E-state index contributed by atoms with van der Waals surface area (Å²) >= 11 is 1.38. The summed E-state index contributed by atoms with van der Waals surface area (Å²) in [6.45, 7) is 5.54. The van der Waals surface area contributed by atoms with Gasteiger partial charge in [0.25, 0.3) is 5.91 Å². The van der Waals surface area contributed by atoms with Gasteiger partial charge >= 0.3 is 0 Å². The summed E-state index contributed by atoms with van der Waals surface area (Å²) in [7, 11) is 4.04. The van der Waals surface area contributed by atoms with Gasteiger partial charge in [-0.15, -0.1) is 11.3 Å². The van der Waals surface area contributed by atoms with Crippen molar-refractivity contribution in [1.82, 2.24) is 25.2 Å². The van der Waals surface area contributed by atoms with Gasteiger partial charge in [0.05, 0.1) is 23.5 Å². The molecule has 1 fully saturated rings. The Hall–Kier alpha value is -2.82. The first-order valence-electron chi connectivity index (χ1n) is 11.1. The lowest BCUT2D eigenvalue weighted by atomic mass is 10.1. The van der Waals surface area contributed by atoms with Gasteiger partial charge in [-0.1, -0.05) is 0 Å². The Morgan fingerprint density at radius 1 is 1.33 bits per heavy atom. The van der Waals surface area contributed by atoms with Gasteiger partial charge in [0.2, 0.25) is 5.88 Å². The molecule has 0 radical (unpaired) electrons. The van der Waals surface area contributed by atoms with Crippen LogP contribution in [0.4, 0.5) is 11.5 Å². The predicted molar refractivity (Wildman–Crippen MR) is 130 cm³/mol. The molecule has 3 aromatic heterocycles. The largest absolute Gasteiger partial charge is 0.476 e. The predicted octanol–water partition coefficient (Wildman–Crippen LogP) is 3.24. The maximum absolute atomic E-state index is 12.8. The Morgan fingerprint density at radius 3 is 3.00 bits per heavy atom. The van der Waals surface area contributed by atoms with Crippen molar-refractivity contribution in [3.63, 3.8) is 0 Å². The van der Waals surface area contributed by atoms with E-state index < -0.39 is 0 Å². The minimum atomic E-state index is -0.0793. The minimum absolute atomic E-state index is 0.0793. The standard InChI is InChI=1S/C23H30N6O3S/c1-15-18-20(28-17-6-4-8-25-22(17)32-13-16-7-11-31-12-16)26-14-27-23(18)33-19(15)21(30)24-9-5-10-29(2)3/h4,6,8,14,16H,5,7,9-13H2,1-3H3,(H,24,30)(H,26,27,28). The summed E-state index contributed by atoms with van der Waals surface area (Å²) < 4.78 is 11.4. The molecule has 0 bridgehead atoms. The van der Waals surface area contributed by atoms with Crippen molar-refractivity contribution in [3.05, 3.63) is 35.1 Å². The topological polar surface area (TPSA) is 102 Å². The number of aromatic nitrogens is 3. The van der Waals surface area contributed by atoms with Crippen molar-refractivity contribution in [1.29, 1.82) is 0 Å². The van der Waals surface area contributed by atoms with Gasteiger partial charge in [0.15, 0.2) is 0 Å². The van der Waals surface area contributed by atoms with Gasteiger partial charge in [0, 0.05) is 25.3 Å². The van der Waals surface area contributed by atoms with E-state index >= 15 is 0 Å². The van der Waals surface area contributed by atoms with Crippen molar-refractivity contribution in [3.8, 4) is 5.88 Å². The maximum Gasteiger partial charge on any atom is 0.261 e. The fourth-order valence-electron chi connectivity index (χ4n) is 3.70. The molecule has 0 saturated carbocycles. The van der Waals surface area contributed by atoms with Crippen LogP contribution in [0.3, 0.4) is 0 Å². The Labute approximate surface area is 197 Å². The highest BCUT2D eigenvalue weighted by Gasteiger charge is 2.21. The van der Waals surface area contributed by atoms with Crippen molar-refractivity contribution in [2.45, 2.75) is 19.8 Å². The summed E-state index contributed by atoms with van der Waals surface area (Å²) in [5.74, 6) is 1.44. The van der Waals surface area contributed by atoms with Crippen LogP contribution >= 0.6 is 11.3 Å². The van der Waals surface area contributed by atoms with Crippen LogP contribution in [-0.4, -0.2) is 72.8 Å². The second kappa shape index (κ2) is 10.9. The van der Waals surface area contributed by atoms with Crippen LogP contribution in [0.2, 0.25) is 0 Å². The molecule has 10 heteroatoms. The third-order valence-corrected chi connectivity index (χ3v) is 6.70. The molecule has 0 spiro atoms. The lowest BCUT2D eigenvalue weighted by Crippen LogP contribution is -2.26. The number of nitrogens with one attached hydrogen (secondary N) is 2. The molecule has 0 aromatic carbocycles. The van der Waals surface area contributed by atoms with E-state index in [4.69, 9.17) is 9.47 Å². The smallest absolute Gasteiger partial charge is 0.261 e. The van der Waals surface area contributed by atoms with E-state index in [0.29, 0.717) is 35.6 Å². The fourth-order valence-corrected chi connectivity index (χ4v) is 4.77. The third-order valence-electron chi connectivity index (χ3n) is 5.50. The third kappa shape index (κ3) is 5.76. The van der Waals surface area contributed by atoms with E-state index in [1.807, 2.05) is 33.2 Å². The molecule has 1 aliphatic rings. The molecule has 2 N–H and O–H groups in total.